The van der Waals surface area contributed by atoms with E-state index in [1.54, 1.807) is 0 Å². The fourth-order valence-corrected chi connectivity index (χ4v) is 4.14. The van der Waals surface area contributed by atoms with Crippen LogP contribution < -0.4 is 10.0 Å². The number of pyridine rings is 1. The van der Waals surface area contributed by atoms with Crippen molar-refractivity contribution in [2.24, 2.45) is 0 Å². The molecule has 23 heavy (non-hydrogen) atoms. The van der Waals surface area contributed by atoms with E-state index in [1.165, 1.54) is 27.6 Å². The van der Waals surface area contributed by atoms with Crippen molar-refractivity contribution in [1.29, 1.82) is 0 Å². The first-order valence-corrected chi connectivity index (χ1v) is 8.51. The lowest BCUT2D eigenvalue weighted by molar-refractivity contribution is -0.757. The first-order chi connectivity index (χ1) is 11.2. The summed E-state index contributed by atoms with van der Waals surface area (Å²) in [4.78, 5) is 0. The van der Waals surface area contributed by atoms with Crippen LogP contribution in [0.3, 0.4) is 0 Å². The Morgan fingerprint density at radius 1 is 1.04 bits per heavy atom. The molecule has 2 heteroatoms. The summed E-state index contributed by atoms with van der Waals surface area (Å²) in [6.45, 7) is 4.61. The molecule has 0 saturated carbocycles. The molecule has 0 spiro atoms. The molecule has 0 aliphatic carbocycles. The van der Waals surface area contributed by atoms with Gasteiger partial charge in [-0.1, -0.05) is 55.7 Å². The topological polar surface area (TPSA) is 3.88 Å². The van der Waals surface area contributed by atoms with E-state index in [4.69, 9.17) is 7.85 Å². The molecule has 1 aliphatic rings. The Morgan fingerprint density at radius 3 is 2.61 bits per heavy atom. The molecule has 0 atom stereocenters. The first kappa shape index (κ1) is 14.5. The molecule has 0 amide bonds. The molecular weight excluding hydrogens is 277 g/mol. The minimum atomic E-state index is 0.155. The van der Waals surface area contributed by atoms with Crippen LogP contribution in [0.15, 0.2) is 54.7 Å². The normalized spacial score (nSPS) is 15.2. The quantitative estimate of drug-likeness (QED) is 0.502. The van der Waals surface area contributed by atoms with Crippen LogP contribution in [0.1, 0.15) is 32.3 Å². The van der Waals surface area contributed by atoms with Gasteiger partial charge in [-0.3, -0.25) is 0 Å². The van der Waals surface area contributed by atoms with Crippen LogP contribution in [0.2, 0.25) is 0 Å². The predicted octanol–water partition coefficient (Wildman–Crippen LogP) is 3.66. The lowest BCUT2D eigenvalue weighted by atomic mass is 9.77. The van der Waals surface area contributed by atoms with E-state index < -0.39 is 0 Å². The lowest BCUT2D eigenvalue weighted by Gasteiger charge is -2.33. The molecule has 2 aromatic carbocycles. The number of rotatable bonds is 2. The van der Waals surface area contributed by atoms with E-state index in [0.717, 1.165) is 24.7 Å². The Labute approximate surface area is 139 Å². The summed E-state index contributed by atoms with van der Waals surface area (Å²) in [5.41, 5.74) is 5.02. The highest BCUT2D eigenvalue weighted by Crippen LogP contribution is 2.38. The fourth-order valence-electron chi connectivity index (χ4n) is 4.14. The second kappa shape index (κ2) is 5.23. The zero-order valence-corrected chi connectivity index (χ0v) is 13.8. The van der Waals surface area contributed by atoms with Crippen molar-refractivity contribution in [3.05, 3.63) is 60.3 Å². The van der Waals surface area contributed by atoms with Gasteiger partial charge in [0.1, 0.15) is 7.85 Å². The lowest BCUT2D eigenvalue weighted by Crippen LogP contribution is -2.60. The van der Waals surface area contributed by atoms with Gasteiger partial charge < -0.3 is 0 Å². The van der Waals surface area contributed by atoms with Gasteiger partial charge in [0.25, 0.3) is 0 Å². The van der Waals surface area contributed by atoms with E-state index in [9.17, 15) is 0 Å². The maximum atomic E-state index is 6.11. The highest BCUT2D eigenvalue weighted by molar-refractivity contribution is 6.32. The minimum absolute atomic E-state index is 0.155. The standard InChI is InChI=1S/C21H21BN/c1-3-21(4-2)14-16-9-10-17(22)13-19(16)20-18-8-6-5-7-15(18)11-12-23(20)21/h5-13H,3-4,14H2,1-2H3/q+1. The zero-order valence-electron chi connectivity index (χ0n) is 13.8. The highest BCUT2D eigenvalue weighted by atomic mass is 15.1. The molecular formula is C21H21BN+. The van der Waals surface area contributed by atoms with Crippen LogP contribution in [-0.4, -0.2) is 7.85 Å². The van der Waals surface area contributed by atoms with Crippen LogP contribution in [0.4, 0.5) is 0 Å². The van der Waals surface area contributed by atoms with Crippen molar-refractivity contribution in [2.75, 3.05) is 0 Å². The van der Waals surface area contributed by atoms with Gasteiger partial charge in [-0.25, -0.2) is 0 Å². The Bertz CT molecular complexity index is 893. The van der Waals surface area contributed by atoms with Crippen molar-refractivity contribution < 1.29 is 4.57 Å². The summed E-state index contributed by atoms with van der Waals surface area (Å²) in [7, 11) is 6.11. The summed E-state index contributed by atoms with van der Waals surface area (Å²) in [6.07, 6.45) is 5.61. The largest absolute Gasteiger partial charge is 0.221 e. The van der Waals surface area contributed by atoms with Gasteiger partial charge in [0.05, 0.1) is 5.39 Å². The number of hydrogen-bond acceptors (Lipinski definition) is 0. The molecule has 112 valence electrons. The number of hydrogen-bond donors (Lipinski definition) is 0. The van der Waals surface area contributed by atoms with E-state index in [2.05, 4.69) is 67.1 Å². The van der Waals surface area contributed by atoms with Crippen LogP contribution in [0.5, 0.6) is 0 Å². The molecule has 0 unspecified atom stereocenters. The molecule has 0 bridgehead atoms. The van der Waals surface area contributed by atoms with Gasteiger partial charge >= 0.3 is 0 Å². The van der Waals surface area contributed by atoms with Crippen LogP contribution >= 0.6 is 0 Å². The third-order valence-corrected chi connectivity index (χ3v) is 5.60. The Hall–Kier alpha value is -2.09. The van der Waals surface area contributed by atoms with E-state index >= 15 is 0 Å². The molecule has 4 rings (SSSR count). The molecule has 2 heterocycles. The first-order valence-electron chi connectivity index (χ1n) is 8.51. The van der Waals surface area contributed by atoms with Crippen molar-refractivity contribution in [3.8, 4) is 11.3 Å². The van der Waals surface area contributed by atoms with Gasteiger partial charge in [0, 0.05) is 30.9 Å². The van der Waals surface area contributed by atoms with Crippen LogP contribution in [0, 0.1) is 0 Å². The van der Waals surface area contributed by atoms with E-state index in [-0.39, 0.29) is 5.54 Å². The molecule has 2 radical (unpaired) electrons. The number of benzene rings is 2. The van der Waals surface area contributed by atoms with Gasteiger partial charge in [-0.05, 0) is 17.0 Å². The highest BCUT2D eigenvalue weighted by Gasteiger charge is 2.44. The van der Waals surface area contributed by atoms with Crippen molar-refractivity contribution >= 4 is 24.1 Å². The van der Waals surface area contributed by atoms with Gasteiger partial charge in [-0.15, -0.1) is 0 Å². The molecule has 0 saturated heterocycles. The summed E-state index contributed by atoms with van der Waals surface area (Å²) < 4.78 is 2.51. The van der Waals surface area contributed by atoms with E-state index in [0.29, 0.717) is 0 Å². The minimum Gasteiger partial charge on any atom is -0.192 e. The summed E-state index contributed by atoms with van der Waals surface area (Å²) >= 11 is 0. The number of fused-ring (bicyclic) bond motifs is 5. The Balaban J connectivity index is 2.15. The van der Waals surface area contributed by atoms with Crippen LogP contribution in [0.25, 0.3) is 22.0 Å². The summed E-state index contributed by atoms with van der Waals surface area (Å²) in [5, 5.41) is 2.60. The smallest absolute Gasteiger partial charge is 0.192 e. The molecule has 1 aliphatic heterocycles. The fraction of sp³-hybridized carbons (Fsp3) is 0.286. The number of nitrogens with zero attached hydrogens (tertiary/aromatic N) is 1. The van der Waals surface area contributed by atoms with Gasteiger partial charge in [0.2, 0.25) is 5.69 Å². The SMILES string of the molecule is [B]c1ccc2c(c1)-c1c3ccccc3cc[n+]1C(CC)(CC)C2. The van der Waals surface area contributed by atoms with Crippen molar-refractivity contribution in [2.45, 2.75) is 38.6 Å². The van der Waals surface area contributed by atoms with E-state index in [1.807, 2.05) is 6.07 Å². The second-order valence-electron chi connectivity index (χ2n) is 6.65. The maximum Gasteiger partial charge on any atom is 0.221 e. The van der Waals surface area contributed by atoms with Crippen LogP contribution in [-0.2, 0) is 12.0 Å². The Kier molecular flexibility index (Phi) is 3.30. The average molecular weight is 298 g/mol. The summed E-state index contributed by atoms with van der Waals surface area (Å²) in [5.74, 6) is 0. The average Bonchev–Trinajstić information content (AvgIpc) is 2.60. The molecule has 0 fully saturated rings. The van der Waals surface area contributed by atoms with Gasteiger partial charge in [-0.2, -0.15) is 4.57 Å². The molecule has 3 aromatic rings. The zero-order chi connectivity index (χ0) is 16.0. The summed E-state index contributed by atoms with van der Waals surface area (Å²) in [6, 6.07) is 17.3. The number of aromatic nitrogens is 1. The molecule has 0 N–H and O–H groups in total. The van der Waals surface area contributed by atoms with Crippen molar-refractivity contribution in [3.63, 3.8) is 0 Å². The predicted molar refractivity (Wildman–Crippen MR) is 97.2 cm³/mol. The second-order valence-corrected chi connectivity index (χ2v) is 6.65. The monoisotopic (exact) mass is 298 g/mol. The van der Waals surface area contributed by atoms with Crippen molar-refractivity contribution in [1.82, 2.24) is 0 Å². The molecule has 1 aromatic heterocycles. The van der Waals surface area contributed by atoms with Gasteiger partial charge in [0.15, 0.2) is 11.7 Å². The maximum absolute atomic E-state index is 6.11. The third-order valence-electron chi connectivity index (χ3n) is 5.60. The Morgan fingerprint density at radius 2 is 1.83 bits per heavy atom. The molecule has 1 nitrogen and oxygen atoms in total. The third kappa shape index (κ3) is 2.04.